The number of hydrogen-bond acceptors (Lipinski definition) is 25. The molecule has 0 saturated heterocycles. The number of rotatable bonds is 34. The molecule has 0 atom stereocenters. The number of esters is 2. The molecule has 0 aliphatic heterocycles. The number of unbranched alkanes of at least 4 members (excludes halogenated alkanes) is 2. The first kappa shape index (κ1) is 87.3. The average molecular weight is 1470 g/mol. The van der Waals surface area contributed by atoms with E-state index in [9.17, 15) is 68.8 Å². The summed E-state index contributed by atoms with van der Waals surface area (Å²) in [5.74, 6) is 0.242. The zero-order valence-electron chi connectivity index (χ0n) is 56.5. The highest BCUT2D eigenvalue weighted by Gasteiger charge is 2.26. The average Bonchev–Trinajstić information content (AvgIpc) is 0.848. The van der Waals surface area contributed by atoms with Crippen LogP contribution in [0.5, 0.6) is 34.5 Å². The third kappa shape index (κ3) is 31.6. The van der Waals surface area contributed by atoms with Gasteiger partial charge in [-0.15, -0.1) is 23.2 Å². The van der Waals surface area contributed by atoms with Crippen molar-refractivity contribution in [1.29, 1.82) is 0 Å². The Labute approximate surface area is 587 Å². The molecule has 4 rings (SSSR count). The first-order valence-corrected chi connectivity index (χ1v) is 31.3. The highest BCUT2D eigenvalue weighted by atomic mass is 35.5. The quantitative estimate of drug-likeness (QED) is 0.00834. The van der Waals surface area contributed by atoms with Crippen molar-refractivity contribution in [3.63, 3.8) is 0 Å². The molecule has 2 N–H and O–H groups in total. The molecule has 0 aromatic heterocycles. The largest absolute Gasteiger partial charge is 0.493 e. The summed E-state index contributed by atoms with van der Waals surface area (Å²) in [5.41, 5.74) is 2.97. The summed E-state index contributed by atoms with van der Waals surface area (Å²) in [4.78, 5) is 121. The number of nitro benzene ring substituents is 2. The standard InChI is InChI=1S/C32H43N3O13.C24H31N3O10.C6H8Cl2O2.CH2Cl2/c1-21-14-23(18-42-4)30(24(15-21)20-46-29(37)11-9-8-10-28(36)45-7)48-32(39)34(3)13-12-33(2)31(38)47-19-22-16-26(43-5)27(44-6)17-25(22)35(40)41;1-15-8-16(12-28)22(17(9-15)13-29)37-24(31)26(3)7-6-25(2)23(30)36-14-18-10-20(34-4)21(35-5)11-19(18)27(32)33;7-5(9)3-1-2-4-6(8)10;2-1-3/h14-17H,8-13,18-20H2,1-7H3;8-11,28-29H,6-7,12-14H2,1-5H3;1-4H2;1H2. The minimum atomic E-state index is -0.781. The van der Waals surface area contributed by atoms with Crippen LogP contribution in [0.4, 0.5) is 30.6 Å². The van der Waals surface area contributed by atoms with E-state index in [0.717, 1.165) is 11.1 Å². The monoisotopic (exact) mass is 1460 g/mol. The Morgan fingerprint density at radius 3 is 1.07 bits per heavy atom. The highest BCUT2D eigenvalue weighted by Crippen LogP contribution is 2.37. The second-order valence-corrected chi connectivity index (χ2v) is 22.4. The molecule has 0 radical (unpaired) electrons. The lowest BCUT2D eigenvalue weighted by molar-refractivity contribution is -0.386. The van der Waals surface area contributed by atoms with Gasteiger partial charge in [-0.1, -0.05) is 29.3 Å². The van der Waals surface area contributed by atoms with Crippen LogP contribution in [-0.4, -0.2) is 189 Å². The predicted molar refractivity (Wildman–Crippen MR) is 357 cm³/mol. The summed E-state index contributed by atoms with van der Waals surface area (Å²) in [6.07, 6.45) is 0.118. The molecule has 4 aromatic carbocycles. The van der Waals surface area contributed by atoms with Crippen molar-refractivity contribution < 1.29 is 111 Å². The van der Waals surface area contributed by atoms with Gasteiger partial charge in [-0.3, -0.25) is 39.4 Å². The lowest BCUT2D eigenvalue weighted by Gasteiger charge is -2.23. The van der Waals surface area contributed by atoms with E-state index in [-0.39, 0.29) is 151 Å². The van der Waals surface area contributed by atoms with E-state index in [4.69, 9.17) is 93.8 Å². The SMILES string of the molecule is COCc1cc(C)cc(COC(=O)CCCCC(=O)OC)c1OC(=O)N(C)CCN(C)C(=O)OCc1cc(OC)c(OC)cc1[N+](=O)[O-].COc1cc(COC(=O)N(C)CCN(C)C(=O)Oc2c(CO)cc(C)cc2CO)c([N+](=O)[O-])cc1OC.ClCCl.O=C(Cl)CCCCC(=O)Cl. The molecule has 4 amide bonds. The van der Waals surface area contributed by atoms with E-state index < -0.39 is 46.8 Å². The number of carbonyl (C=O) groups excluding carboxylic acids is 8. The Morgan fingerprint density at radius 1 is 0.439 bits per heavy atom. The molecule has 0 heterocycles. The van der Waals surface area contributed by atoms with Crippen LogP contribution < -0.4 is 28.4 Å². The van der Waals surface area contributed by atoms with Crippen LogP contribution in [0.2, 0.25) is 0 Å². The van der Waals surface area contributed by atoms with E-state index in [1.807, 2.05) is 6.92 Å². The number of nitrogens with zero attached hydrogens (tertiary/aromatic N) is 6. The smallest absolute Gasteiger partial charge is 0.415 e. The first-order valence-electron chi connectivity index (χ1n) is 29.5. The summed E-state index contributed by atoms with van der Waals surface area (Å²) in [7, 11) is 14.1. The highest BCUT2D eigenvalue weighted by molar-refractivity contribution is 6.63. The number of methoxy groups -OCH3 is 6. The van der Waals surface area contributed by atoms with Gasteiger partial charge in [-0.25, -0.2) is 19.2 Å². The summed E-state index contributed by atoms with van der Waals surface area (Å²) in [5, 5.41) is 41.6. The molecule has 0 aliphatic carbocycles. The van der Waals surface area contributed by atoms with Crippen molar-refractivity contribution in [2.45, 2.75) is 105 Å². The minimum Gasteiger partial charge on any atom is -0.493 e. The Hall–Kier alpha value is -8.72. The second kappa shape index (κ2) is 47.3. The minimum absolute atomic E-state index is 0.0394. The van der Waals surface area contributed by atoms with Crippen LogP contribution in [0, 0.1) is 34.1 Å². The zero-order chi connectivity index (χ0) is 74.2. The molecule has 544 valence electrons. The third-order valence-corrected chi connectivity index (χ3v) is 13.8. The molecule has 4 aromatic rings. The van der Waals surface area contributed by atoms with Crippen LogP contribution >= 0.6 is 46.4 Å². The van der Waals surface area contributed by atoms with E-state index in [2.05, 4.69) is 4.74 Å². The number of benzene rings is 4. The molecule has 35 heteroatoms. The number of likely N-dealkylation sites (N-methyl/N-ethyl adjacent to an activating group) is 4. The maximum atomic E-state index is 13.1. The molecule has 0 unspecified atom stereocenters. The maximum absolute atomic E-state index is 13.1. The van der Waals surface area contributed by atoms with Crippen molar-refractivity contribution in [3.8, 4) is 34.5 Å². The Kier molecular flexibility index (Phi) is 42.1. The van der Waals surface area contributed by atoms with E-state index in [1.54, 1.807) is 31.2 Å². The van der Waals surface area contributed by atoms with E-state index >= 15 is 0 Å². The number of alkyl halides is 2. The van der Waals surface area contributed by atoms with Gasteiger partial charge in [-0.2, -0.15) is 0 Å². The fraction of sp³-hybridized carbons (Fsp3) is 0.492. The third-order valence-electron chi connectivity index (χ3n) is 13.5. The van der Waals surface area contributed by atoms with Crippen LogP contribution in [0.25, 0.3) is 0 Å². The summed E-state index contributed by atoms with van der Waals surface area (Å²) < 4.78 is 57.5. The molecule has 98 heavy (non-hydrogen) atoms. The number of aliphatic hydroxyl groups is 2. The lowest BCUT2D eigenvalue weighted by atomic mass is 10.1. The van der Waals surface area contributed by atoms with E-state index in [1.165, 1.54) is 115 Å². The first-order chi connectivity index (χ1) is 46.4. The van der Waals surface area contributed by atoms with Crippen molar-refractivity contribution in [2.75, 3.05) is 102 Å². The number of hydrogen-bond donors (Lipinski definition) is 2. The molecule has 0 saturated carbocycles. The van der Waals surface area contributed by atoms with Gasteiger partial charge in [0.2, 0.25) is 10.5 Å². The molecule has 0 fully saturated rings. The van der Waals surface area contributed by atoms with Gasteiger partial charge >= 0.3 is 36.3 Å². The van der Waals surface area contributed by atoms with Crippen molar-refractivity contribution in [3.05, 3.63) is 113 Å². The predicted octanol–water partition coefficient (Wildman–Crippen LogP) is 10.6. The number of aryl methyl sites for hydroxylation is 2. The van der Waals surface area contributed by atoms with Crippen LogP contribution in [-0.2, 0) is 82.5 Å². The number of ether oxygens (including phenoxy) is 11. The van der Waals surface area contributed by atoms with Crippen LogP contribution in [0.3, 0.4) is 0 Å². The van der Waals surface area contributed by atoms with Crippen molar-refractivity contribution in [2.24, 2.45) is 0 Å². The van der Waals surface area contributed by atoms with Gasteiger partial charge in [-0.05, 0) is 80.9 Å². The molecule has 0 aliphatic rings. The van der Waals surface area contributed by atoms with Gasteiger partial charge in [0, 0.05) is 109 Å². The van der Waals surface area contributed by atoms with Crippen LogP contribution in [0.15, 0.2) is 48.5 Å². The van der Waals surface area contributed by atoms with Gasteiger partial charge < -0.3 is 81.9 Å². The molecular formula is C63H84Cl4N6O25. The van der Waals surface area contributed by atoms with Gasteiger partial charge in [0.25, 0.3) is 11.4 Å². The topological polar surface area (TPSA) is 378 Å². The zero-order valence-corrected chi connectivity index (χ0v) is 59.6. The lowest BCUT2D eigenvalue weighted by Crippen LogP contribution is -2.39. The Balaban J connectivity index is 0.000000846. The van der Waals surface area contributed by atoms with Gasteiger partial charge in [0.1, 0.15) is 31.3 Å². The van der Waals surface area contributed by atoms with Crippen LogP contribution in [0.1, 0.15) is 95.9 Å². The normalized spacial score (nSPS) is 10.2. The molecule has 0 bridgehead atoms. The second-order valence-electron chi connectivity index (χ2n) is 20.8. The number of aliphatic hydroxyl groups excluding tert-OH is 2. The van der Waals surface area contributed by atoms with E-state index in [0.29, 0.717) is 60.8 Å². The number of amides is 4. The number of carbonyl (C=O) groups is 8. The number of nitro groups is 2. The van der Waals surface area contributed by atoms with Gasteiger partial charge in [0.05, 0.1) is 93.8 Å². The fourth-order valence-electron chi connectivity index (χ4n) is 8.31. The van der Waals surface area contributed by atoms with Crippen molar-refractivity contribution >= 4 is 105 Å². The van der Waals surface area contributed by atoms with Gasteiger partial charge in [0.15, 0.2) is 23.0 Å². The summed E-state index contributed by atoms with van der Waals surface area (Å²) >= 11 is 19.6. The molecule has 0 spiro atoms. The molecule has 31 nitrogen and oxygen atoms in total. The summed E-state index contributed by atoms with van der Waals surface area (Å²) in [6, 6.07) is 11.9. The molecular weight excluding hydrogens is 1380 g/mol. The summed E-state index contributed by atoms with van der Waals surface area (Å²) in [6.45, 7) is 2.24. The van der Waals surface area contributed by atoms with Crippen molar-refractivity contribution in [1.82, 2.24) is 19.6 Å². The number of halogens is 4. The Morgan fingerprint density at radius 2 is 0.745 bits per heavy atom. The Bertz CT molecular complexity index is 3270. The fourth-order valence-corrected chi connectivity index (χ4v) is 8.58. The maximum Gasteiger partial charge on any atom is 0.415 e.